The van der Waals surface area contributed by atoms with E-state index >= 15 is 0 Å². The third kappa shape index (κ3) is 3.48. The summed E-state index contributed by atoms with van der Waals surface area (Å²) in [7, 11) is 0. The van der Waals surface area contributed by atoms with E-state index in [2.05, 4.69) is 0 Å². The highest BCUT2D eigenvalue weighted by Crippen LogP contribution is 2.33. The van der Waals surface area contributed by atoms with E-state index in [0.717, 1.165) is 38.1 Å². The van der Waals surface area contributed by atoms with Crippen molar-refractivity contribution in [1.29, 1.82) is 0 Å². The van der Waals surface area contributed by atoms with Crippen LogP contribution in [0.15, 0.2) is 24.3 Å². The van der Waals surface area contributed by atoms with Crippen molar-refractivity contribution in [3.05, 3.63) is 87.0 Å². The van der Waals surface area contributed by atoms with Crippen molar-refractivity contribution in [2.75, 3.05) is 0 Å². The molecule has 0 saturated heterocycles. The van der Waals surface area contributed by atoms with Gasteiger partial charge in [-0.1, -0.05) is 0 Å². The summed E-state index contributed by atoms with van der Waals surface area (Å²) in [5.41, 5.74) is -4.38. The van der Waals surface area contributed by atoms with Gasteiger partial charge in [-0.15, -0.1) is 0 Å². The van der Waals surface area contributed by atoms with Gasteiger partial charge in [0, 0.05) is 35.4 Å². The lowest BCUT2D eigenvalue weighted by molar-refractivity contribution is -0.395. The number of nitro benzene ring substituents is 4. The maximum absolute atomic E-state index is 12.7. The van der Waals surface area contributed by atoms with Crippen LogP contribution in [0.25, 0.3) is 0 Å². The summed E-state index contributed by atoms with van der Waals surface area (Å²) in [5, 5.41) is 44.5. The lowest BCUT2D eigenvalue weighted by Gasteiger charge is -2.06. The van der Waals surface area contributed by atoms with Crippen LogP contribution in [0.2, 0.25) is 0 Å². The molecule has 0 amide bonds. The molecule has 13 nitrogen and oxygen atoms in total. The Bertz CT molecular complexity index is 924. The van der Waals surface area contributed by atoms with Gasteiger partial charge in [0.05, 0.1) is 19.7 Å². The van der Waals surface area contributed by atoms with Gasteiger partial charge in [-0.05, 0) is 13.8 Å². The molecule has 2 aromatic carbocycles. The van der Waals surface area contributed by atoms with Crippen LogP contribution in [0, 0.1) is 54.3 Å². The molecule has 0 aliphatic heterocycles. The van der Waals surface area contributed by atoms with E-state index in [-0.39, 0.29) is 11.1 Å². The summed E-state index contributed by atoms with van der Waals surface area (Å²) in [4.78, 5) is 53.5. The Morgan fingerprint density at radius 1 is 0.607 bits per heavy atom. The first-order valence-corrected chi connectivity index (χ1v) is 7.37. The van der Waals surface area contributed by atoms with Gasteiger partial charge in [0.1, 0.15) is 11.1 Å². The fourth-order valence-corrected chi connectivity index (χ4v) is 2.56. The van der Waals surface area contributed by atoms with Gasteiger partial charge in [0.15, 0.2) is 5.78 Å². The minimum absolute atomic E-state index is 0.285. The molecule has 0 saturated carbocycles. The van der Waals surface area contributed by atoms with Crippen LogP contribution in [0.1, 0.15) is 27.0 Å². The number of ketones is 1. The number of hydrogen-bond donors (Lipinski definition) is 0. The van der Waals surface area contributed by atoms with Crippen LogP contribution in [0.5, 0.6) is 0 Å². The van der Waals surface area contributed by atoms with Gasteiger partial charge in [0.2, 0.25) is 0 Å². The number of carbonyl (C=O) groups excluding carboxylic acids is 1. The lowest BCUT2D eigenvalue weighted by Crippen LogP contribution is -2.08. The highest BCUT2D eigenvalue weighted by atomic mass is 16.6. The second-order valence-electron chi connectivity index (χ2n) is 5.64. The van der Waals surface area contributed by atoms with E-state index in [1.54, 1.807) is 0 Å². The molecule has 0 aliphatic rings. The Morgan fingerprint density at radius 3 is 1.00 bits per heavy atom. The zero-order chi connectivity index (χ0) is 21.3. The van der Waals surface area contributed by atoms with E-state index in [0.29, 0.717) is 0 Å². The molecule has 0 heterocycles. The molecule has 13 heteroatoms. The number of nitro groups is 4. The minimum Gasteiger partial charge on any atom is -0.289 e. The Kier molecular flexibility index (Phi) is 5.11. The second kappa shape index (κ2) is 7.14. The smallest absolute Gasteiger partial charge is 0.279 e. The van der Waals surface area contributed by atoms with Crippen molar-refractivity contribution in [3.8, 4) is 0 Å². The predicted molar refractivity (Wildman–Crippen MR) is 92.4 cm³/mol. The maximum Gasteiger partial charge on any atom is 0.279 e. The van der Waals surface area contributed by atoms with E-state index in [9.17, 15) is 45.3 Å². The van der Waals surface area contributed by atoms with Crippen LogP contribution in [-0.2, 0) is 0 Å². The van der Waals surface area contributed by atoms with Gasteiger partial charge in [0.25, 0.3) is 22.7 Å². The Balaban J connectivity index is 2.76. The molecule has 0 aliphatic carbocycles. The van der Waals surface area contributed by atoms with Gasteiger partial charge >= 0.3 is 0 Å². The molecule has 0 bridgehead atoms. The molecular formula is C15H10N4O9. The maximum atomic E-state index is 12.7. The molecule has 28 heavy (non-hydrogen) atoms. The number of hydrogen-bond acceptors (Lipinski definition) is 9. The highest BCUT2D eigenvalue weighted by Gasteiger charge is 2.29. The topological polar surface area (TPSA) is 190 Å². The Morgan fingerprint density at radius 2 is 0.821 bits per heavy atom. The molecule has 144 valence electrons. The van der Waals surface area contributed by atoms with Crippen molar-refractivity contribution < 1.29 is 24.5 Å². The van der Waals surface area contributed by atoms with Crippen LogP contribution >= 0.6 is 0 Å². The Hall–Kier alpha value is -4.29. The summed E-state index contributed by atoms with van der Waals surface area (Å²) in [6.45, 7) is 2.26. The van der Waals surface area contributed by atoms with Gasteiger partial charge in [-0.3, -0.25) is 45.3 Å². The van der Waals surface area contributed by atoms with Gasteiger partial charge < -0.3 is 0 Å². The van der Waals surface area contributed by atoms with Gasteiger partial charge in [-0.25, -0.2) is 0 Å². The van der Waals surface area contributed by atoms with E-state index in [1.807, 2.05) is 0 Å². The molecule has 0 N–H and O–H groups in total. The summed E-state index contributed by atoms with van der Waals surface area (Å²) < 4.78 is 0. The predicted octanol–water partition coefficient (Wildman–Crippen LogP) is 3.17. The third-order valence-electron chi connectivity index (χ3n) is 4.02. The molecule has 2 aromatic rings. The average molecular weight is 390 g/mol. The molecule has 0 unspecified atom stereocenters. The van der Waals surface area contributed by atoms with Crippen LogP contribution in [0.3, 0.4) is 0 Å². The van der Waals surface area contributed by atoms with Crippen molar-refractivity contribution >= 4 is 28.5 Å². The number of carbonyl (C=O) groups is 1. The number of benzene rings is 2. The minimum atomic E-state index is -1.07. The summed E-state index contributed by atoms with van der Waals surface area (Å²) >= 11 is 0. The number of rotatable bonds is 6. The third-order valence-corrected chi connectivity index (χ3v) is 4.02. The lowest BCUT2D eigenvalue weighted by atomic mass is 9.97. The first-order valence-electron chi connectivity index (χ1n) is 7.37. The summed E-state index contributed by atoms with van der Waals surface area (Å²) in [5.74, 6) is -1.07. The Labute approximate surface area is 154 Å². The van der Waals surface area contributed by atoms with Crippen LogP contribution in [0.4, 0.5) is 22.7 Å². The summed E-state index contributed by atoms with van der Waals surface area (Å²) in [6, 6.07) is 3.12. The molecule has 2 rings (SSSR count). The van der Waals surface area contributed by atoms with E-state index < -0.39 is 59.4 Å². The van der Waals surface area contributed by atoms with Crippen LogP contribution in [-0.4, -0.2) is 25.5 Å². The fourth-order valence-electron chi connectivity index (χ4n) is 2.56. The van der Waals surface area contributed by atoms with Crippen molar-refractivity contribution in [2.24, 2.45) is 0 Å². The van der Waals surface area contributed by atoms with Crippen molar-refractivity contribution in [1.82, 2.24) is 0 Å². The molecule has 0 aromatic heterocycles. The van der Waals surface area contributed by atoms with Crippen LogP contribution < -0.4 is 0 Å². The largest absolute Gasteiger partial charge is 0.289 e. The average Bonchev–Trinajstić information content (AvgIpc) is 2.60. The SMILES string of the molecule is Cc1c([N+](=O)[O-])cc(C(=O)c2cc([N+](=O)[O-])c(C)c([N+](=O)[O-])c2)cc1[N+](=O)[O-]. The highest BCUT2D eigenvalue weighted by molar-refractivity contribution is 6.10. The standard InChI is InChI=1S/C15H10N4O9/c1-7-11(16(21)22)3-9(4-12(7)17(23)24)15(20)10-5-13(18(25)26)8(2)14(6-10)19(27)28/h3-6H,1-2H3. The molecule has 0 radical (unpaired) electrons. The number of nitrogens with zero attached hydrogens (tertiary/aromatic N) is 4. The van der Waals surface area contributed by atoms with E-state index in [4.69, 9.17) is 0 Å². The normalized spacial score (nSPS) is 10.4. The first kappa shape index (κ1) is 20.0. The molecular weight excluding hydrogens is 380 g/mol. The van der Waals surface area contributed by atoms with Crippen molar-refractivity contribution in [3.63, 3.8) is 0 Å². The second-order valence-corrected chi connectivity index (χ2v) is 5.64. The van der Waals surface area contributed by atoms with E-state index in [1.165, 1.54) is 0 Å². The zero-order valence-corrected chi connectivity index (χ0v) is 14.3. The zero-order valence-electron chi connectivity index (χ0n) is 14.3. The molecule has 0 atom stereocenters. The molecule has 0 spiro atoms. The summed E-state index contributed by atoms with van der Waals surface area (Å²) in [6.07, 6.45) is 0. The quantitative estimate of drug-likeness (QED) is 0.405. The fraction of sp³-hybridized carbons (Fsp3) is 0.133. The monoisotopic (exact) mass is 390 g/mol. The van der Waals surface area contributed by atoms with Crippen molar-refractivity contribution in [2.45, 2.75) is 13.8 Å². The molecule has 0 fully saturated rings. The first-order chi connectivity index (χ1) is 13.0. The van der Waals surface area contributed by atoms with Gasteiger partial charge in [-0.2, -0.15) is 0 Å².